The van der Waals surface area contributed by atoms with E-state index in [9.17, 15) is 30.0 Å². The van der Waals surface area contributed by atoms with Crippen molar-refractivity contribution < 1.29 is 30.0 Å². The van der Waals surface area contributed by atoms with Crippen molar-refractivity contribution in [1.82, 2.24) is 29.6 Å². The Labute approximate surface area is 401 Å². The van der Waals surface area contributed by atoms with Gasteiger partial charge in [-0.1, -0.05) is 73.1 Å². The first-order valence-corrected chi connectivity index (χ1v) is 27.0. The molecule has 358 valence electrons. The van der Waals surface area contributed by atoms with Gasteiger partial charge < -0.3 is 15.1 Å². The van der Waals surface area contributed by atoms with E-state index in [4.69, 9.17) is 11.6 Å². The number of hydrogen-bond acceptors (Lipinski definition) is 12. The van der Waals surface area contributed by atoms with Crippen molar-refractivity contribution in [3.8, 4) is 11.1 Å². The molecule has 0 spiro atoms. The van der Waals surface area contributed by atoms with Crippen LogP contribution in [0.15, 0.2) is 118 Å². The van der Waals surface area contributed by atoms with Crippen LogP contribution in [-0.4, -0.2) is 129 Å². The molecule has 3 aliphatic rings. The van der Waals surface area contributed by atoms with Crippen LogP contribution in [0.1, 0.15) is 43.0 Å². The number of piperazine rings is 1. The van der Waals surface area contributed by atoms with Gasteiger partial charge in [0.25, 0.3) is 19.9 Å². The average molecular weight is 998 g/mol. The van der Waals surface area contributed by atoms with Gasteiger partial charge in [0.2, 0.25) is 0 Å². The molecule has 67 heavy (non-hydrogen) atoms. The third kappa shape index (κ3) is 12.1. The largest absolute Gasteiger partial charge is 0.501 e. The van der Waals surface area contributed by atoms with Crippen molar-refractivity contribution in [3.05, 3.63) is 125 Å². The predicted octanol–water partition coefficient (Wildman–Crippen LogP) is 8.51. The number of fused-ring (bicyclic) bond motifs is 1. The van der Waals surface area contributed by atoms with Crippen LogP contribution in [-0.2, 0) is 39.4 Å². The first-order chi connectivity index (χ1) is 32.2. The van der Waals surface area contributed by atoms with E-state index in [1.54, 1.807) is 0 Å². The molecule has 0 radical (unpaired) electrons. The molecule has 8 rings (SSSR count). The summed E-state index contributed by atoms with van der Waals surface area (Å²) in [6, 6.07) is 28.5. The molecule has 0 bridgehead atoms. The van der Waals surface area contributed by atoms with Crippen molar-refractivity contribution in [2.75, 3.05) is 74.7 Å². The van der Waals surface area contributed by atoms with E-state index in [1.165, 1.54) is 29.2 Å². The van der Waals surface area contributed by atoms with Crippen LogP contribution in [0.4, 0.5) is 24.7 Å². The number of nitrogens with zero attached hydrogens (tertiary/aromatic N) is 6. The second-order valence-corrected chi connectivity index (χ2v) is 22.4. The highest BCUT2D eigenvalue weighted by Gasteiger charge is 2.48. The third-order valence-corrected chi connectivity index (χ3v) is 17.3. The summed E-state index contributed by atoms with van der Waals surface area (Å²) in [7, 11) is -10.6. The lowest BCUT2D eigenvalue weighted by Crippen LogP contribution is -2.47. The topological polar surface area (TPSA) is 131 Å². The van der Waals surface area contributed by atoms with Gasteiger partial charge in [-0.15, -0.1) is 11.8 Å². The van der Waals surface area contributed by atoms with Gasteiger partial charge >= 0.3 is 5.51 Å². The van der Waals surface area contributed by atoms with Gasteiger partial charge in [-0.05, 0) is 104 Å². The van der Waals surface area contributed by atoms with Gasteiger partial charge in [-0.25, -0.2) is 26.8 Å². The summed E-state index contributed by atoms with van der Waals surface area (Å²) >= 11 is 7.65. The molecule has 0 aliphatic carbocycles. The van der Waals surface area contributed by atoms with E-state index >= 15 is 0 Å². The molecule has 5 aromatic rings. The number of likely N-dealkylation sites (N-methyl/N-ethyl adjacent to an activating group) is 1. The van der Waals surface area contributed by atoms with Crippen molar-refractivity contribution in [1.29, 1.82) is 0 Å². The molecule has 1 aromatic heterocycles. The van der Waals surface area contributed by atoms with Gasteiger partial charge in [-0.3, -0.25) is 14.5 Å². The van der Waals surface area contributed by atoms with Gasteiger partial charge in [0.05, 0.1) is 16.3 Å². The molecule has 3 aliphatic heterocycles. The number of sulfone groups is 1. The zero-order valence-electron chi connectivity index (χ0n) is 37.3. The van der Waals surface area contributed by atoms with Gasteiger partial charge in [0, 0.05) is 85.7 Å². The minimum absolute atomic E-state index is 0.0130. The lowest BCUT2D eigenvalue weighted by Gasteiger charge is -2.40. The quantitative estimate of drug-likeness (QED) is 0.0867. The average Bonchev–Trinajstić information content (AvgIpc) is 3.33. The van der Waals surface area contributed by atoms with Crippen molar-refractivity contribution in [3.63, 3.8) is 0 Å². The van der Waals surface area contributed by atoms with Crippen molar-refractivity contribution in [2.45, 2.75) is 78.0 Å². The normalized spacial score (nSPS) is 17.8. The zero-order chi connectivity index (χ0) is 47.2. The smallest absolute Gasteiger partial charge is 0.380 e. The van der Waals surface area contributed by atoms with Crippen LogP contribution in [0.25, 0.3) is 11.1 Å². The second kappa shape index (κ2) is 21.6. The first kappa shape index (κ1) is 49.2. The first-order valence-electron chi connectivity index (χ1n) is 22.7. The summed E-state index contributed by atoms with van der Waals surface area (Å²) in [5, 5.41) is 3.79. The fourth-order valence-electron chi connectivity index (χ4n) is 9.15. The standard InChI is InChI=1S/C48H56ClF3N8O4S3/c1-2-57-26-28-58(29-27-57)22-18-38(33-65-40-9-4-3-5-10-40)55-44-17-16-41(30-46(44)66(61,62)48(50,51)52)67(63,64)56-47-43-21-25-60(32-45(43)53-34-54-47)39-19-23-59(24-20-39)31-36-8-6-7-11-42(36)35-12-14-37(49)15-13-35/h3-17,30,34,38-39,55H,2,18-29,31-33H2,1H3,(H,53,54,56)/t38-/m1/s1. The fraction of sp³-hybridized carbons (Fsp3) is 0.417. The van der Waals surface area contributed by atoms with Crippen molar-refractivity contribution in [2.24, 2.45) is 0 Å². The molecular formula is C48H56ClF3N8O4S3. The Morgan fingerprint density at radius 2 is 1.52 bits per heavy atom. The molecule has 2 fully saturated rings. The Kier molecular flexibility index (Phi) is 15.8. The summed E-state index contributed by atoms with van der Waals surface area (Å²) in [6.07, 6.45) is 4.11. The molecule has 19 heteroatoms. The maximum atomic E-state index is 14.4. The van der Waals surface area contributed by atoms with Gasteiger partial charge in [0.15, 0.2) is 0 Å². The van der Waals surface area contributed by atoms with E-state index in [0.29, 0.717) is 66.6 Å². The van der Waals surface area contributed by atoms with Crippen LogP contribution < -0.4 is 10.0 Å². The number of likely N-dealkylation sites (tertiary alicyclic amines) is 1. The molecule has 4 heterocycles. The summed E-state index contributed by atoms with van der Waals surface area (Å²) < 4.78 is 100. The second-order valence-electron chi connectivity index (χ2n) is 17.3. The van der Waals surface area contributed by atoms with Gasteiger partial charge in [0.1, 0.15) is 17.0 Å². The van der Waals surface area contributed by atoms with Crippen LogP contribution in [0.5, 0.6) is 0 Å². The minimum atomic E-state index is -6.00. The molecule has 4 aromatic carbocycles. The monoisotopic (exact) mass is 996 g/mol. The molecule has 0 amide bonds. The summed E-state index contributed by atoms with van der Waals surface area (Å²) in [5.41, 5.74) is -1.21. The molecule has 1 atom stereocenters. The summed E-state index contributed by atoms with van der Waals surface area (Å²) in [5.74, 6) is 0.432. The third-order valence-electron chi connectivity index (χ3n) is 13.0. The molecular weight excluding hydrogens is 941 g/mol. The molecule has 0 saturated carbocycles. The van der Waals surface area contributed by atoms with Crippen LogP contribution in [0, 0.1) is 0 Å². The number of nitrogens with one attached hydrogen (secondary N) is 2. The van der Waals surface area contributed by atoms with E-state index in [1.807, 2.05) is 60.7 Å². The van der Waals surface area contributed by atoms with Gasteiger partial charge in [-0.2, -0.15) is 13.2 Å². The Balaban J connectivity index is 0.950. The number of benzene rings is 4. The Morgan fingerprint density at radius 3 is 2.24 bits per heavy atom. The molecule has 2 N–H and O–H groups in total. The molecule has 12 nitrogen and oxygen atoms in total. The number of aromatic nitrogens is 2. The lowest BCUT2D eigenvalue weighted by atomic mass is 9.96. The highest BCUT2D eigenvalue weighted by atomic mass is 35.5. The number of thioether (sulfide) groups is 1. The summed E-state index contributed by atoms with van der Waals surface area (Å²) in [4.78, 5) is 17.4. The Morgan fingerprint density at radius 1 is 0.821 bits per heavy atom. The van der Waals surface area contributed by atoms with E-state index in [0.717, 1.165) is 87.8 Å². The Bertz CT molecular complexity index is 2690. The number of piperidine rings is 1. The number of sulfonamides is 1. The predicted molar refractivity (Wildman–Crippen MR) is 260 cm³/mol. The Hall–Kier alpha value is -4.27. The number of alkyl halides is 3. The molecule has 0 unspecified atom stereocenters. The highest BCUT2D eigenvalue weighted by Crippen LogP contribution is 2.38. The van der Waals surface area contributed by atoms with Crippen LogP contribution in [0.3, 0.4) is 0 Å². The number of halogens is 4. The fourth-order valence-corrected chi connectivity index (χ4v) is 12.4. The number of anilines is 2. The van der Waals surface area contributed by atoms with Crippen LogP contribution in [0.2, 0.25) is 5.02 Å². The SMILES string of the molecule is CCN1CCN(CC[C@H](CSc2ccccc2)Nc2ccc(S(=O)(=O)Nc3ncnc4c3CCN(C3CCN(Cc5ccccc5-c5ccc(Cl)cc5)CC3)C4)cc2S(=O)(=O)C(F)(F)F)CC1. The maximum absolute atomic E-state index is 14.4. The lowest BCUT2D eigenvalue weighted by molar-refractivity contribution is -0.0435. The number of rotatable bonds is 17. The van der Waals surface area contributed by atoms with E-state index in [-0.39, 0.29) is 11.5 Å². The van der Waals surface area contributed by atoms with E-state index < -0.39 is 41.2 Å². The minimum Gasteiger partial charge on any atom is -0.380 e. The van der Waals surface area contributed by atoms with E-state index in [2.05, 4.69) is 64.7 Å². The van der Waals surface area contributed by atoms with Crippen molar-refractivity contribution >= 4 is 54.7 Å². The maximum Gasteiger partial charge on any atom is 0.501 e. The molecule has 2 saturated heterocycles. The van der Waals surface area contributed by atoms with Crippen LogP contribution >= 0.6 is 23.4 Å². The highest BCUT2D eigenvalue weighted by molar-refractivity contribution is 7.99. The zero-order valence-corrected chi connectivity index (χ0v) is 40.5. The summed E-state index contributed by atoms with van der Waals surface area (Å²) in [6.45, 7) is 10.9. The number of hydrogen-bond donors (Lipinski definition) is 2.